The summed E-state index contributed by atoms with van der Waals surface area (Å²) in [6.45, 7) is 16.4. The minimum Gasteiger partial charge on any atom is -0.744 e. The lowest BCUT2D eigenvalue weighted by atomic mass is 9.81. The van der Waals surface area contributed by atoms with Gasteiger partial charge in [-0.1, -0.05) is 45.4 Å². The first kappa shape index (κ1) is 125. The lowest BCUT2D eigenvalue weighted by Gasteiger charge is -2.25. The van der Waals surface area contributed by atoms with Crippen molar-refractivity contribution in [1.82, 2.24) is 69.1 Å². The number of ether oxygens (including phenoxy) is 8. The van der Waals surface area contributed by atoms with Gasteiger partial charge in [0.15, 0.2) is 17.2 Å². The summed E-state index contributed by atoms with van der Waals surface area (Å²) in [5, 5.41) is 47.5. The molecule has 0 bridgehead atoms. The number of amides is 14. The molecule has 3 aromatic carbocycles. The van der Waals surface area contributed by atoms with Crippen LogP contribution in [0.4, 0.5) is 21.9 Å². The highest BCUT2D eigenvalue weighted by molar-refractivity contribution is 8.00. The van der Waals surface area contributed by atoms with Gasteiger partial charge in [-0.2, -0.15) is 37.4 Å². The van der Waals surface area contributed by atoms with E-state index in [0.717, 1.165) is 59.4 Å². The number of carbonyl (C=O) groups excluding carboxylic acids is 13. The second kappa shape index (κ2) is 65.5. The van der Waals surface area contributed by atoms with Crippen LogP contribution in [0.15, 0.2) is 94.4 Å². The van der Waals surface area contributed by atoms with Gasteiger partial charge in [-0.05, 0) is 146 Å². The molecule has 824 valence electrons. The average molecular weight is 2160 g/mol. The van der Waals surface area contributed by atoms with Crippen molar-refractivity contribution in [2.24, 2.45) is 11.5 Å². The second-order valence-corrected chi connectivity index (χ2v) is 40.5. The van der Waals surface area contributed by atoms with Gasteiger partial charge in [-0.25, -0.2) is 13.2 Å². The van der Waals surface area contributed by atoms with Crippen molar-refractivity contribution in [3.8, 4) is 11.5 Å². The molecule has 4 heterocycles. The molecule has 7 rings (SSSR count). The highest BCUT2D eigenvalue weighted by Crippen LogP contribution is 2.49. The van der Waals surface area contributed by atoms with E-state index in [4.69, 9.17) is 49.4 Å². The fourth-order valence-electron chi connectivity index (χ4n) is 16.3. The van der Waals surface area contributed by atoms with Gasteiger partial charge in [-0.15, -0.1) is 0 Å². The normalized spacial score (nSPS) is 16.3. The zero-order valence-corrected chi connectivity index (χ0v) is 88.9. The molecule has 0 radical (unpaired) electrons. The van der Waals surface area contributed by atoms with Crippen molar-refractivity contribution < 1.29 is 136 Å². The molecule has 3 unspecified atom stereocenters. The number of nitrogens with two attached hydrogens (primary N) is 2. The molecule has 148 heavy (non-hydrogen) atoms. The molecule has 0 aliphatic carbocycles. The van der Waals surface area contributed by atoms with Gasteiger partial charge < -0.3 is 128 Å². The van der Waals surface area contributed by atoms with E-state index in [1.807, 2.05) is 76.8 Å². The first-order valence-corrected chi connectivity index (χ1v) is 54.0. The SMILES string of the molecule is CCC(=O)NCCOCCOCC(=O)NCCOCCOCC(=O)N[C@@H](CCCCNC(=O)CCCC[C@H]1SCC2NC(=O)NC21)C(=O)NCC(N)=O.CCN1C(=CC=CC=CC2=[N+](CCCCCC(=O)NCCCC[C@H](NC(=O)CNC(=O)[C@@H](N)CS)C(=O)NCC(=O)NC(C)c3cc(OC)c(OCCCC(=O)NCCOCCOC)cc3[N+](=O)[O-])c3ccc(S(=O)(=O)O)cc3C2(C)C)C(C)(C)c2cc(S(=O)(=O)[O-])ccc21. The topological polar surface area (TPSA) is 665 Å². The van der Waals surface area contributed by atoms with E-state index in [-0.39, 0.29) is 178 Å². The third-order valence-electron chi connectivity index (χ3n) is 24.2. The lowest BCUT2D eigenvalue weighted by molar-refractivity contribution is -0.438. The first-order chi connectivity index (χ1) is 70.5. The third kappa shape index (κ3) is 43.6. The molecule has 0 aromatic heterocycles. The number of nitrogens with one attached hydrogen (secondary N) is 13. The van der Waals surface area contributed by atoms with Crippen LogP contribution in [-0.4, -0.2) is 324 Å². The number of anilines is 1. The number of hydrogen-bond donors (Lipinski definition) is 17. The molecule has 14 amide bonds. The van der Waals surface area contributed by atoms with Gasteiger partial charge >= 0.3 is 6.03 Å². The van der Waals surface area contributed by atoms with E-state index in [2.05, 4.69) is 91.2 Å². The number of nitrogens with zero attached hydrogens (tertiary/aromatic N) is 3. The molecule has 47 nitrogen and oxygen atoms in total. The Kier molecular flexibility index (Phi) is 55.4. The number of thioether (sulfide) groups is 1. The number of fused-ring (bicyclic) bond motifs is 3. The number of unbranched alkanes of at least 4 members (excludes halogenated alkanes) is 5. The van der Waals surface area contributed by atoms with Crippen molar-refractivity contribution in [2.45, 2.75) is 220 Å². The predicted octanol–water partition coefficient (Wildman–Crippen LogP) is 2.38. The van der Waals surface area contributed by atoms with Crippen LogP contribution < -0.4 is 95.0 Å². The quantitative estimate of drug-likeness (QED) is 0.00564. The molecule has 3 aromatic rings. The Morgan fingerprint density at radius 3 is 1.72 bits per heavy atom. The van der Waals surface area contributed by atoms with Crippen molar-refractivity contribution in [3.63, 3.8) is 0 Å². The van der Waals surface area contributed by atoms with Crippen LogP contribution in [-0.2, 0) is 117 Å². The molecule has 7 atom stereocenters. The zero-order valence-electron chi connectivity index (χ0n) is 85.6. The standard InChI is InChI=1S/C64H90N10O18S3.C33H58N8O11S/c1-9-72-50-26-24-43(94(83,84)85)35-46(50)63(3,4)55(72)20-12-10-13-21-56-64(5,6)47-36-44(95(86,87)88)25-27-51(47)73(56)30-17-11-14-22-57(75)66-28-16-15-19-49(71-60(78)40-68-61(79)48(65)41-93)62(80)69-39-59(77)70-42(2)45-37-53(90-8)54(38-52(45)74(81)82)92-31-18-23-58(76)67-29-32-91-34-33-89-7;1-2-27(43)36-11-13-49-15-17-51-20-29(45)37-12-14-50-16-18-52-21-30(46)39-23(32(47)38-19-26(34)42)7-5-6-10-35-28(44)9-4-3-8-25-31-24(22-53-25)40-33(48)41-31/h10,12-13,20-21,24-27,35-38,42,48-49H,9,11,14-19,22-23,28-34,39-41,65H2,1-8H3,(H8-,66,67,68,69,70,71,75,76,77,78,79,80,83,84,85,86,87,88,93);23-25,31H,2-22H2,1H3,(H2,34,42)(H,35,44)(H,36,43)(H,37,45)(H,38,47)(H,39,46)(H2,40,41,48)/t42?,48-,49-;23-,24?,25+,31?/m00/s1. The number of benzene rings is 3. The summed E-state index contributed by atoms with van der Waals surface area (Å²) < 4.78 is 115. The van der Waals surface area contributed by atoms with E-state index in [1.54, 1.807) is 26.2 Å². The summed E-state index contributed by atoms with van der Waals surface area (Å²) in [4.78, 5) is 174. The van der Waals surface area contributed by atoms with E-state index in [1.165, 1.54) is 44.4 Å². The van der Waals surface area contributed by atoms with Crippen LogP contribution in [0, 0.1) is 10.1 Å². The van der Waals surface area contributed by atoms with Crippen LogP contribution >= 0.6 is 24.4 Å². The maximum atomic E-state index is 13.6. The maximum Gasteiger partial charge on any atom is 0.315 e. The Hall–Kier alpha value is -11.5. The zero-order chi connectivity index (χ0) is 109. The number of allylic oxidation sites excluding steroid dienone is 6. The molecule has 2 saturated heterocycles. The van der Waals surface area contributed by atoms with Crippen LogP contribution in [0.1, 0.15) is 180 Å². The summed E-state index contributed by atoms with van der Waals surface area (Å²) in [5.74, 6) is -4.45. The first-order valence-electron chi connectivity index (χ1n) is 49.4. The summed E-state index contributed by atoms with van der Waals surface area (Å²) >= 11 is 5.85. The van der Waals surface area contributed by atoms with Gasteiger partial charge in [0.2, 0.25) is 76.6 Å². The summed E-state index contributed by atoms with van der Waals surface area (Å²) in [5.41, 5.74) is 13.9. The summed E-state index contributed by atoms with van der Waals surface area (Å²) in [6.07, 6.45) is 17.4. The monoisotopic (exact) mass is 2160 g/mol. The van der Waals surface area contributed by atoms with Crippen LogP contribution in [0.3, 0.4) is 0 Å². The smallest absolute Gasteiger partial charge is 0.315 e. The Morgan fingerprint density at radius 2 is 1.14 bits per heavy atom. The fourth-order valence-corrected chi connectivity index (χ4v) is 19.0. The Bertz CT molecular complexity index is 5320. The van der Waals surface area contributed by atoms with E-state index in [0.29, 0.717) is 134 Å². The number of hydrogen-bond acceptors (Lipinski definition) is 32. The van der Waals surface area contributed by atoms with Crippen molar-refractivity contribution in [2.75, 3.05) is 175 Å². The molecule has 2 fully saturated rings. The maximum absolute atomic E-state index is 13.6. The van der Waals surface area contributed by atoms with Gasteiger partial charge in [0.1, 0.15) is 42.0 Å². The number of nitro groups is 1. The number of urea groups is 1. The molecular formula is C97H148N18O29S4. The third-order valence-corrected chi connectivity index (χ3v) is 27.7. The lowest BCUT2D eigenvalue weighted by Crippen LogP contribution is -2.52. The predicted molar refractivity (Wildman–Crippen MR) is 552 cm³/mol. The van der Waals surface area contributed by atoms with Gasteiger partial charge in [-0.3, -0.25) is 72.2 Å². The van der Waals surface area contributed by atoms with E-state index >= 15 is 0 Å². The fraction of sp³-hybridized carbons (Fsp3) is 0.608. The Morgan fingerprint density at radius 1 is 0.595 bits per heavy atom. The number of nitro benzene ring substituents is 1. The molecule has 51 heteroatoms. The van der Waals surface area contributed by atoms with Crippen molar-refractivity contribution in [1.29, 1.82) is 0 Å². The number of rotatable bonds is 71. The summed E-state index contributed by atoms with van der Waals surface area (Å²) in [6, 6.07) is 7.54. The van der Waals surface area contributed by atoms with Crippen LogP contribution in [0.2, 0.25) is 0 Å². The minimum atomic E-state index is -4.67. The molecule has 0 saturated carbocycles. The molecule has 0 spiro atoms. The minimum absolute atomic E-state index is 0.0102. The highest BCUT2D eigenvalue weighted by Gasteiger charge is 2.46. The number of carbonyl (C=O) groups is 13. The number of thiol groups is 1. The number of primary amides is 1. The van der Waals surface area contributed by atoms with E-state index < -0.39 is 120 Å². The van der Waals surface area contributed by atoms with Gasteiger partial charge in [0, 0.05) is 130 Å². The number of methoxy groups -OCH3 is 2. The molecular weight excluding hydrogens is 2010 g/mol. The van der Waals surface area contributed by atoms with Crippen molar-refractivity contribution in [3.05, 3.63) is 111 Å². The van der Waals surface area contributed by atoms with Gasteiger partial charge in [0.05, 0.1) is 149 Å². The molecule has 4 aliphatic heterocycles. The van der Waals surface area contributed by atoms with Crippen LogP contribution in [0.25, 0.3) is 0 Å². The van der Waals surface area contributed by atoms with Gasteiger partial charge in [0.25, 0.3) is 15.8 Å². The van der Waals surface area contributed by atoms with Crippen LogP contribution in [0.5, 0.6) is 11.5 Å². The molecule has 4 aliphatic rings. The summed E-state index contributed by atoms with van der Waals surface area (Å²) in [7, 11) is -6.29. The Balaban J connectivity index is 0.000000533. The average Bonchev–Trinajstić information content (AvgIpc) is 1.59. The number of likely N-dealkylation sites (N-methyl/N-ethyl adjacent to an activating group) is 1. The second-order valence-electron chi connectivity index (χ2n) is 36.0. The molecule has 18 N–H and O–H groups in total. The largest absolute Gasteiger partial charge is 0.744 e. The highest BCUT2D eigenvalue weighted by atomic mass is 32.2. The van der Waals surface area contributed by atoms with Crippen molar-refractivity contribution >= 4 is 144 Å². The van der Waals surface area contributed by atoms with E-state index in [9.17, 15) is 98.4 Å². The Labute approximate surface area is 873 Å².